The van der Waals surface area contributed by atoms with Crippen molar-refractivity contribution >= 4 is 43.9 Å². The van der Waals surface area contributed by atoms with Crippen molar-refractivity contribution in [3.63, 3.8) is 0 Å². The Bertz CT molecular complexity index is 1400. The molecule has 0 amide bonds. The lowest BCUT2D eigenvalue weighted by Crippen LogP contribution is -2.29. The molecule has 1 aliphatic heterocycles. The number of likely N-dealkylation sites (tertiary alicyclic amines) is 1. The van der Waals surface area contributed by atoms with Gasteiger partial charge in [-0.15, -0.1) is 0 Å². The Morgan fingerprint density at radius 1 is 1.17 bits per heavy atom. The van der Waals surface area contributed by atoms with E-state index in [0.717, 1.165) is 50.0 Å². The summed E-state index contributed by atoms with van der Waals surface area (Å²) in [5.74, 6) is 1.63. The maximum Gasteiger partial charge on any atom is 0.229 e. The lowest BCUT2D eigenvalue weighted by atomic mass is 9.86. The number of piperidine rings is 1. The third kappa shape index (κ3) is 7.90. The number of aromatic nitrogens is 2. The van der Waals surface area contributed by atoms with E-state index in [1.54, 1.807) is 13.8 Å². The van der Waals surface area contributed by atoms with Crippen molar-refractivity contribution in [3.8, 4) is 5.75 Å². The van der Waals surface area contributed by atoms with Crippen LogP contribution in [0.3, 0.4) is 0 Å². The maximum atomic E-state index is 12.8. The van der Waals surface area contributed by atoms with E-state index in [-0.39, 0.29) is 34.6 Å². The van der Waals surface area contributed by atoms with E-state index in [1.165, 1.54) is 18.0 Å². The zero-order chi connectivity index (χ0) is 29.9. The van der Waals surface area contributed by atoms with Gasteiger partial charge in [0.2, 0.25) is 5.95 Å². The first-order valence-corrected chi connectivity index (χ1v) is 16.1. The van der Waals surface area contributed by atoms with Gasteiger partial charge in [-0.05, 0) is 110 Å². The van der Waals surface area contributed by atoms with Crippen molar-refractivity contribution in [2.75, 3.05) is 30.8 Å². The summed E-state index contributed by atoms with van der Waals surface area (Å²) in [6, 6.07) is 4.46. The Kier molecular flexibility index (Phi) is 9.81. The highest BCUT2D eigenvalue weighted by atomic mass is 35.5. The van der Waals surface area contributed by atoms with Crippen LogP contribution in [0.5, 0.6) is 5.75 Å². The van der Waals surface area contributed by atoms with Crippen LogP contribution in [0, 0.1) is 12.3 Å². The highest BCUT2D eigenvalue weighted by Gasteiger charge is 2.28. The number of ether oxygens (including phenoxy) is 1. The van der Waals surface area contributed by atoms with Crippen LogP contribution in [0.25, 0.3) is 0 Å². The van der Waals surface area contributed by atoms with Crippen LogP contribution in [-0.4, -0.2) is 65.9 Å². The lowest BCUT2D eigenvalue weighted by Gasteiger charge is -2.30. The number of halogens is 1. The first-order valence-electron chi connectivity index (χ1n) is 14.2. The van der Waals surface area contributed by atoms with Crippen LogP contribution in [0.15, 0.2) is 30.2 Å². The molecule has 41 heavy (non-hydrogen) atoms. The SMILES string of the molecule is Cc1cc(Nc2ncc(Cl)c(N/C(=C/NC3CC3)C(=N)S(=O)(=O)C(C)C)n2)c(OC(C)C)cc1C1CCN(C)CC1. The van der Waals surface area contributed by atoms with Crippen LogP contribution in [0.1, 0.15) is 70.4 Å². The summed E-state index contributed by atoms with van der Waals surface area (Å²) in [5.41, 5.74) is 3.25. The van der Waals surface area contributed by atoms with Gasteiger partial charge in [0.15, 0.2) is 20.7 Å². The highest BCUT2D eigenvalue weighted by Crippen LogP contribution is 2.38. The molecule has 1 aliphatic carbocycles. The summed E-state index contributed by atoms with van der Waals surface area (Å²) in [4.78, 5) is 11.3. The Morgan fingerprint density at radius 2 is 1.85 bits per heavy atom. The van der Waals surface area contributed by atoms with Crippen LogP contribution in [0.4, 0.5) is 17.5 Å². The fourth-order valence-electron chi connectivity index (χ4n) is 4.67. The van der Waals surface area contributed by atoms with Gasteiger partial charge in [0.05, 0.1) is 28.9 Å². The molecule has 0 bridgehead atoms. The summed E-state index contributed by atoms with van der Waals surface area (Å²) in [7, 11) is -1.68. The molecule has 0 atom stereocenters. The van der Waals surface area contributed by atoms with Crippen molar-refractivity contribution in [3.05, 3.63) is 46.4 Å². The molecular formula is C29H42ClN7O3S. The molecule has 4 rings (SSSR count). The zero-order valence-corrected chi connectivity index (χ0v) is 26.3. The van der Waals surface area contributed by atoms with Gasteiger partial charge in [-0.1, -0.05) is 11.6 Å². The molecular weight excluding hydrogens is 562 g/mol. The van der Waals surface area contributed by atoms with Gasteiger partial charge in [-0.3, -0.25) is 5.41 Å². The molecule has 2 aromatic rings. The van der Waals surface area contributed by atoms with E-state index in [0.29, 0.717) is 11.7 Å². The van der Waals surface area contributed by atoms with E-state index < -0.39 is 20.1 Å². The average molecular weight is 604 g/mol. The van der Waals surface area contributed by atoms with E-state index in [2.05, 4.69) is 56.9 Å². The Labute approximate surface area is 248 Å². The largest absolute Gasteiger partial charge is 0.489 e. The van der Waals surface area contributed by atoms with Gasteiger partial charge in [0, 0.05) is 12.2 Å². The summed E-state index contributed by atoms with van der Waals surface area (Å²) in [6.07, 6.45) is 7.12. The number of rotatable bonds is 11. The molecule has 1 saturated heterocycles. The number of aryl methyl sites for hydroxylation is 1. The fraction of sp³-hybridized carbons (Fsp3) is 0.552. The molecule has 2 aliphatic rings. The van der Waals surface area contributed by atoms with E-state index >= 15 is 0 Å². The second kappa shape index (κ2) is 13.0. The molecule has 1 aromatic carbocycles. The minimum Gasteiger partial charge on any atom is -0.489 e. The highest BCUT2D eigenvalue weighted by molar-refractivity contribution is 8.07. The first kappa shape index (κ1) is 31.1. The Balaban J connectivity index is 1.63. The predicted molar refractivity (Wildman–Crippen MR) is 166 cm³/mol. The van der Waals surface area contributed by atoms with Crippen LogP contribution >= 0.6 is 11.6 Å². The third-order valence-electron chi connectivity index (χ3n) is 7.32. The smallest absolute Gasteiger partial charge is 0.229 e. The fourth-order valence-corrected chi connectivity index (χ4v) is 5.70. The molecule has 1 saturated carbocycles. The molecule has 4 N–H and O–H groups in total. The number of anilines is 3. The average Bonchev–Trinajstić information content (AvgIpc) is 3.74. The summed E-state index contributed by atoms with van der Waals surface area (Å²) < 4.78 is 31.8. The van der Waals surface area contributed by atoms with E-state index in [9.17, 15) is 8.42 Å². The topological polar surface area (TPSA) is 132 Å². The van der Waals surface area contributed by atoms with E-state index in [1.807, 2.05) is 13.8 Å². The summed E-state index contributed by atoms with van der Waals surface area (Å²) in [5, 5.41) is 16.8. The second-order valence-electron chi connectivity index (χ2n) is 11.5. The maximum absolute atomic E-state index is 12.8. The monoisotopic (exact) mass is 603 g/mol. The van der Waals surface area contributed by atoms with Crippen molar-refractivity contribution in [2.45, 2.75) is 83.6 Å². The zero-order valence-electron chi connectivity index (χ0n) is 24.7. The Morgan fingerprint density at radius 3 is 2.46 bits per heavy atom. The minimum atomic E-state index is -3.84. The number of hydrogen-bond acceptors (Lipinski definition) is 10. The molecule has 2 heterocycles. The van der Waals surface area contributed by atoms with Crippen molar-refractivity contribution in [2.24, 2.45) is 0 Å². The number of benzene rings is 1. The molecule has 1 aromatic heterocycles. The van der Waals surface area contributed by atoms with Crippen molar-refractivity contribution in [1.29, 1.82) is 5.41 Å². The summed E-state index contributed by atoms with van der Waals surface area (Å²) >= 11 is 6.43. The molecule has 12 heteroatoms. The van der Waals surface area contributed by atoms with Crippen LogP contribution < -0.4 is 20.7 Å². The molecule has 10 nitrogen and oxygen atoms in total. The summed E-state index contributed by atoms with van der Waals surface area (Å²) in [6.45, 7) is 11.3. The number of sulfone groups is 1. The molecule has 2 fully saturated rings. The molecule has 0 spiro atoms. The van der Waals surface area contributed by atoms with Gasteiger partial charge in [0.25, 0.3) is 0 Å². The van der Waals surface area contributed by atoms with Gasteiger partial charge in [-0.2, -0.15) is 4.98 Å². The van der Waals surface area contributed by atoms with Crippen molar-refractivity contribution < 1.29 is 13.2 Å². The van der Waals surface area contributed by atoms with Gasteiger partial charge < -0.3 is 25.6 Å². The quantitative estimate of drug-likeness (QED) is 0.192. The lowest BCUT2D eigenvalue weighted by molar-refractivity contribution is 0.241. The van der Waals surface area contributed by atoms with Gasteiger partial charge >= 0.3 is 0 Å². The standard InChI is InChI=1S/C29H42ClN7O3S/c1-17(2)40-26-14-22(20-9-11-37(6)12-10-20)19(5)13-24(26)35-29-33-15-23(30)28(36-29)34-25(16-32-21-7-8-21)27(31)41(38,39)18(3)4/h13-18,20-21,31-32H,7-12H2,1-6H3,(H2,33,34,35,36)/b25-16+,31-27?. The number of nitrogens with zero attached hydrogens (tertiary/aromatic N) is 3. The van der Waals surface area contributed by atoms with Crippen LogP contribution in [0.2, 0.25) is 5.02 Å². The predicted octanol–water partition coefficient (Wildman–Crippen LogP) is 5.58. The molecule has 0 radical (unpaired) electrons. The van der Waals surface area contributed by atoms with Gasteiger partial charge in [-0.25, -0.2) is 13.4 Å². The third-order valence-corrected chi connectivity index (χ3v) is 9.63. The van der Waals surface area contributed by atoms with Gasteiger partial charge in [0.1, 0.15) is 10.8 Å². The first-order chi connectivity index (χ1) is 19.3. The Hall–Kier alpha value is -2.89. The second-order valence-corrected chi connectivity index (χ2v) is 14.4. The minimum absolute atomic E-state index is 0.0347. The molecule has 0 unspecified atom stereocenters. The number of hydrogen-bond donors (Lipinski definition) is 4. The normalized spacial score (nSPS) is 17.1. The van der Waals surface area contributed by atoms with Crippen LogP contribution in [-0.2, 0) is 9.84 Å². The number of nitrogens with one attached hydrogen (secondary N) is 4. The van der Waals surface area contributed by atoms with E-state index in [4.69, 9.17) is 21.7 Å². The molecule has 224 valence electrons. The van der Waals surface area contributed by atoms with Crippen molar-refractivity contribution in [1.82, 2.24) is 20.2 Å².